The van der Waals surface area contributed by atoms with Crippen molar-refractivity contribution in [2.45, 2.75) is 25.9 Å². The number of thiocarbonyl (C=S) groups is 1. The minimum atomic E-state index is -0.241. The van der Waals surface area contributed by atoms with Gasteiger partial charge in [0.2, 0.25) is 0 Å². The molecule has 0 unspecified atom stereocenters. The van der Waals surface area contributed by atoms with Crippen molar-refractivity contribution in [3.05, 3.63) is 112 Å². The lowest BCUT2D eigenvalue weighted by atomic mass is 10.0. The summed E-state index contributed by atoms with van der Waals surface area (Å²) in [6.45, 7) is 3.75. The van der Waals surface area contributed by atoms with Crippen molar-refractivity contribution in [3.8, 4) is 5.69 Å². The number of benzene rings is 2. The van der Waals surface area contributed by atoms with E-state index in [-0.39, 0.29) is 17.9 Å². The van der Waals surface area contributed by atoms with Crippen molar-refractivity contribution < 1.29 is 4.39 Å². The van der Waals surface area contributed by atoms with Crippen molar-refractivity contribution in [2.24, 2.45) is 0 Å². The molecule has 166 valence electrons. The second-order valence-corrected chi connectivity index (χ2v) is 8.96. The maximum atomic E-state index is 14.1. The van der Waals surface area contributed by atoms with E-state index in [2.05, 4.69) is 31.9 Å². The zero-order valence-corrected chi connectivity index (χ0v) is 19.7. The Kier molecular flexibility index (Phi) is 5.64. The van der Waals surface area contributed by atoms with E-state index < -0.39 is 0 Å². The summed E-state index contributed by atoms with van der Waals surface area (Å²) < 4.78 is 16.2. The van der Waals surface area contributed by atoms with Crippen molar-refractivity contribution in [3.63, 3.8) is 0 Å². The molecule has 2 aromatic carbocycles. The van der Waals surface area contributed by atoms with Gasteiger partial charge in [-0.25, -0.2) is 4.39 Å². The standard InChI is InChI=1S/C26H22ClFN4S/c1-16-14-18(8-10-20(16)27)31-13-5-7-23(31)25-24(22-6-3-4-12-29-22)30-26(33)32(25)19-9-11-21(28)17(2)15-19/h3-15,24-25H,1-2H3,(H,30,33)/t24-,25+/m0/s1. The fourth-order valence-corrected chi connectivity index (χ4v) is 4.82. The lowest BCUT2D eigenvalue weighted by molar-refractivity contribution is 0.549. The molecule has 1 saturated heterocycles. The molecule has 0 bridgehead atoms. The van der Waals surface area contributed by atoms with Gasteiger partial charge in [0, 0.05) is 34.5 Å². The highest BCUT2D eigenvalue weighted by molar-refractivity contribution is 7.80. The largest absolute Gasteiger partial charge is 0.351 e. The number of anilines is 1. The van der Waals surface area contributed by atoms with Crippen LogP contribution in [0.25, 0.3) is 5.69 Å². The van der Waals surface area contributed by atoms with Crippen LogP contribution in [-0.2, 0) is 0 Å². The molecule has 5 rings (SSSR count). The third-order valence-corrected chi connectivity index (χ3v) is 6.76. The van der Waals surface area contributed by atoms with Crippen LogP contribution in [0, 0.1) is 19.7 Å². The fraction of sp³-hybridized carbons (Fsp3) is 0.154. The van der Waals surface area contributed by atoms with Crippen LogP contribution in [0.2, 0.25) is 5.02 Å². The van der Waals surface area contributed by atoms with E-state index in [0.717, 1.165) is 33.3 Å². The first-order chi connectivity index (χ1) is 15.9. The predicted molar refractivity (Wildman–Crippen MR) is 135 cm³/mol. The summed E-state index contributed by atoms with van der Waals surface area (Å²) >= 11 is 12.1. The third-order valence-electron chi connectivity index (χ3n) is 6.02. The smallest absolute Gasteiger partial charge is 0.174 e. The van der Waals surface area contributed by atoms with Gasteiger partial charge in [0.25, 0.3) is 0 Å². The van der Waals surface area contributed by atoms with Crippen LogP contribution in [0.5, 0.6) is 0 Å². The normalized spacial score (nSPS) is 17.9. The summed E-state index contributed by atoms with van der Waals surface area (Å²) in [6.07, 6.45) is 3.81. The second-order valence-electron chi connectivity index (χ2n) is 8.17. The number of aromatic nitrogens is 2. The summed E-state index contributed by atoms with van der Waals surface area (Å²) in [5.74, 6) is -0.241. The van der Waals surface area contributed by atoms with Gasteiger partial charge in [-0.1, -0.05) is 17.7 Å². The minimum Gasteiger partial charge on any atom is -0.351 e. The Bertz CT molecular complexity index is 1340. The molecule has 0 aliphatic carbocycles. The molecule has 2 aromatic heterocycles. The first-order valence-corrected chi connectivity index (χ1v) is 11.4. The molecule has 0 spiro atoms. The summed E-state index contributed by atoms with van der Waals surface area (Å²) in [7, 11) is 0. The maximum Gasteiger partial charge on any atom is 0.174 e. The molecule has 4 aromatic rings. The summed E-state index contributed by atoms with van der Waals surface area (Å²) in [5.41, 5.74) is 5.31. The lowest BCUT2D eigenvalue weighted by Crippen LogP contribution is -2.30. The highest BCUT2D eigenvalue weighted by Crippen LogP contribution is 2.42. The predicted octanol–water partition coefficient (Wildman–Crippen LogP) is 6.46. The number of hydrogen-bond donors (Lipinski definition) is 1. The van der Waals surface area contributed by atoms with Crippen molar-refractivity contribution >= 4 is 34.6 Å². The molecule has 0 saturated carbocycles. The van der Waals surface area contributed by atoms with Gasteiger partial charge in [-0.05, 0) is 97.9 Å². The van der Waals surface area contributed by atoms with Gasteiger partial charge in [0.05, 0.1) is 11.7 Å². The van der Waals surface area contributed by atoms with Crippen LogP contribution in [0.1, 0.15) is 34.6 Å². The molecular formula is C26H22ClFN4S. The van der Waals surface area contributed by atoms with Crippen LogP contribution in [0.15, 0.2) is 79.1 Å². The zero-order chi connectivity index (χ0) is 23.1. The van der Waals surface area contributed by atoms with Crippen molar-refractivity contribution in [1.29, 1.82) is 0 Å². The third kappa shape index (κ3) is 3.90. The Labute approximate surface area is 202 Å². The Hall–Kier alpha value is -3.22. The Morgan fingerprint density at radius 2 is 1.76 bits per heavy atom. The maximum absolute atomic E-state index is 14.1. The number of hydrogen-bond acceptors (Lipinski definition) is 2. The van der Waals surface area contributed by atoms with E-state index in [1.807, 2.05) is 55.6 Å². The lowest BCUT2D eigenvalue weighted by Gasteiger charge is -2.29. The molecule has 1 aliphatic rings. The average molecular weight is 477 g/mol. The summed E-state index contributed by atoms with van der Waals surface area (Å²) in [5, 5.41) is 4.76. The monoisotopic (exact) mass is 476 g/mol. The Morgan fingerprint density at radius 1 is 0.970 bits per heavy atom. The van der Waals surface area contributed by atoms with E-state index in [9.17, 15) is 4.39 Å². The van der Waals surface area contributed by atoms with E-state index in [1.165, 1.54) is 6.07 Å². The Morgan fingerprint density at radius 3 is 2.48 bits per heavy atom. The van der Waals surface area contributed by atoms with Crippen molar-refractivity contribution in [1.82, 2.24) is 14.9 Å². The van der Waals surface area contributed by atoms with Crippen LogP contribution < -0.4 is 10.2 Å². The highest BCUT2D eigenvalue weighted by Gasteiger charge is 2.42. The molecule has 1 aliphatic heterocycles. The van der Waals surface area contributed by atoms with Crippen LogP contribution >= 0.6 is 23.8 Å². The first kappa shape index (κ1) is 21.6. The molecule has 0 radical (unpaired) electrons. The van der Waals surface area contributed by atoms with Gasteiger partial charge in [-0.15, -0.1) is 0 Å². The summed E-state index contributed by atoms with van der Waals surface area (Å²) in [6, 6.07) is 20.6. The van der Waals surface area contributed by atoms with Crippen LogP contribution in [0.3, 0.4) is 0 Å². The van der Waals surface area contributed by atoms with E-state index in [1.54, 1.807) is 19.2 Å². The van der Waals surface area contributed by atoms with Gasteiger partial charge in [0.15, 0.2) is 5.11 Å². The number of nitrogens with one attached hydrogen (secondary N) is 1. The minimum absolute atomic E-state index is 0.189. The molecular weight excluding hydrogens is 455 g/mol. The quantitative estimate of drug-likeness (QED) is 0.343. The van der Waals surface area contributed by atoms with Crippen LogP contribution in [0.4, 0.5) is 10.1 Å². The van der Waals surface area contributed by atoms with E-state index in [4.69, 9.17) is 23.8 Å². The number of aryl methyl sites for hydroxylation is 2. The van der Waals surface area contributed by atoms with Gasteiger partial charge in [-0.3, -0.25) is 4.98 Å². The zero-order valence-electron chi connectivity index (χ0n) is 18.2. The topological polar surface area (TPSA) is 33.1 Å². The number of pyridine rings is 1. The molecule has 7 heteroatoms. The highest BCUT2D eigenvalue weighted by atomic mass is 35.5. The van der Waals surface area contributed by atoms with Gasteiger partial charge >= 0.3 is 0 Å². The number of rotatable bonds is 4. The molecule has 4 nitrogen and oxygen atoms in total. The SMILES string of the molecule is Cc1cc(N2C(=S)N[C@@H](c3ccccn3)[C@H]2c2cccn2-c2ccc(Cl)c(C)c2)ccc1F. The molecule has 33 heavy (non-hydrogen) atoms. The second kappa shape index (κ2) is 8.61. The fourth-order valence-electron chi connectivity index (χ4n) is 4.36. The first-order valence-electron chi connectivity index (χ1n) is 10.6. The van der Waals surface area contributed by atoms with Gasteiger partial charge < -0.3 is 14.8 Å². The molecule has 0 amide bonds. The molecule has 3 heterocycles. The molecule has 1 N–H and O–H groups in total. The van der Waals surface area contributed by atoms with Gasteiger partial charge in [-0.2, -0.15) is 0 Å². The van der Waals surface area contributed by atoms with Gasteiger partial charge in [0.1, 0.15) is 11.9 Å². The van der Waals surface area contributed by atoms with Crippen molar-refractivity contribution in [2.75, 3.05) is 4.90 Å². The average Bonchev–Trinajstić information content (AvgIpc) is 3.42. The number of halogens is 2. The van der Waals surface area contributed by atoms with Crippen LogP contribution in [-0.4, -0.2) is 14.7 Å². The summed E-state index contributed by atoms with van der Waals surface area (Å²) in [4.78, 5) is 6.66. The molecule has 1 fully saturated rings. The van der Waals surface area contributed by atoms with E-state index >= 15 is 0 Å². The molecule has 2 atom stereocenters. The van der Waals surface area contributed by atoms with E-state index in [0.29, 0.717) is 10.7 Å². The Balaban J connectivity index is 1.68. The number of nitrogens with zero attached hydrogens (tertiary/aromatic N) is 3.